The molecule has 16 heteroatoms. The van der Waals surface area contributed by atoms with E-state index in [1.807, 2.05) is 0 Å². The van der Waals surface area contributed by atoms with Crippen molar-refractivity contribution < 1.29 is 52.5 Å². The number of benzene rings is 3. The summed E-state index contributed by atoms with van der Waals surface area (Å²) in [7, 11) is 0. The molecule has 3 amide bonds. The molecule has 0 radical (unpaired) electrons. The van der Waals surface area contributed by atoms with Gasteiger partial charge in [-0.3, -0.25) is 9.59 Å². The van der Waals surface area contributed by atoms with Crippen molar-refractivity contribution in [1.29, 1.82) is 0 Å². The van der Waals surface area contributed by atoms with Gasteiger partial charge >= 0.3 is 30.1 Å². The minimum Gasteiger partial charge on any atom is -0.459 e. The Morgan fingerprint density at radius 2 is 1.20 bits per heavy atom. The Labute approximate surface area is 359 Å². The van der Waals surface area contributed by atoms with E-state index < -0.39 is 64.4 Å². The predicted molar refractivity (Wildman–Crippen MR) is 232 cm³/mol. The second-order valence-electron chi connectivity index (χ2n) is 18.0. The summed E-state index contributed by atoms with van der Waals surface area (Å²) in [6.07, 6.45) is -1.93. The molecule has 0 fully saturated rings. The topological polar surface area (TPSA) is 193 Å². The molecule has 4 aromatic rings. The molecule has 0 aliphatic rings. The van der Waals surface area contributed by atoms with Crippen LogP contribution in [0.2, 0.25) is 0 Å². The number of hydrogen-bond acceptors (Lipinski definition) is 12. The van der Waals surface area contributed by atoms with E-state index in [1.54, 1.807) is 131 Å². The Kier molecular flexibility index (Phi) is 14.4. The van der Waals surface area contributed by atoms with Gasteiger partial charge in [0, 0.05) is 12.1 Å². The van der Waals surface area contributed by atoms with Crippen LogP contribution in [0.4, 0.5) is 15.3 Å². The molecule has 326 valence electrons. The number of anilines is 1. The van der Waals surface area contributed by atoms with Gasteiger partial charge < -0.3 is 34.3 Å². The van der Waals surface area contributed by atoms with Gasteiger partial charge in [0.05, 0.1) is 11.3 Å². The highest BCUT2D eigenvalue weighted by molar-refractivity contribution is 7.12. The first-order chi connectivity index (χ1) is 28.1. The van der Waals surface area contributed by atoms with E-state index in [2.05, 4.69) is 4.99 Å². The van der Waals surface area contributed by atoms with Crippen molar-refractivity contribution in [3.05, 3.63) is 93.7 Å². The van der Waals surface area contributed by atoms with Crippen LogP contribution in [0.15, 0.2) is 77.1 Å². The number of nitrogens with zero attached hydrogens (tertiary/aromatic N) is 3. The summed E-state index contributed by atoms with van der Waals surface area (Å²) in [4.78, 5) is 84.8. The van der Waals surface area contributed by atoms with E-state index in [0.29, 0.717) is 26.8 Å². The summed E-state index contributed by atoms with van der Waals surface area (Å²) >= 11 is 1.18. The van der Waals surface area contributed by atoms with Gasteiger partial charge in [-0.2, -0.15) is 0 Å². The van der Waals surface area contributed by atoms with Crippen LogP contribution >= 0.6 is 11.3 Å². The number of aliphatic imine (C=N–C) groups is 1. The highest BCUT2D eigenvalue weighted by atomic mass is 32.1. The number of carbonyl (C=O) groups excluding carboxylic acids is 6. The van der Waals surface area contributed by atoms with Gasteiger partial charge in [0.15, 0.2) is 0 Å². The third kappa shape index (κ3) is 14.7. The first-order valence-electron chi connectivity index (χ1n) is 19.3. The molecule has 1 heterocycles. The maximum absolute atomic E-state index is 14.0. The minimum absolute atomic E-state index is 0.0252. The van der Waals surface area contributed by atoms with E-state index >= 15 is 0 Å². The summed E-state index contributed by atoms with van der Waals surface area (Å²) in [5.41, 5.74) is 4.09. The van der Waals surface area contributed by atoms with Crippen LogP contribution in [-0.4, -0.2) is 75.8 Å². The van der Waals surface area contributed by atoms with Gasteiger partial charge in [-0.1, -0.05) is 12.1 Å². The van der Waals surface area contributed by atoms with Crippen molar-refractivity contribution in [2.24, 2.45) is 10.7 Å². The van der Waals surface area contributed by atoms with Crippen molar-refractivity contribution in [2.45, 2.75) is 112 Å². The van der Waals surface area contributed by atoms with Gasteiger partial charge in [0.1, 0.15) is 39.6 Å². The molecular formula is C45H54N4O11S. The molecule has 0 spiro atoms. The van der Waals surface area contributed by atoms with Crippen LogP contribution in [0, 0.1) is 0 Å². The molecule has 1 aromatic heterocycles. The summed E-state index contributed by atoms with van der Waals surface area (Å²) in [6, 6.07) is 17.2. The molecular weight excluding hydrogens is 805 g/mol. The molecule has 3 aromatic carbocycles. The van der Waals surface area contributed by atoms with Gasteiger partial charge in [-0.25, -0.2) is 24.1 Å². The first kappa shape index (κ1) is 47.4. The van der Waals surface area contributed by atoms with E-state index in [9.17, 15) is 28.8 Å². The molecule has 0 saturated carbocycles. The fourth-order valence-corrected chi connectivity index (χ4v) is 6.20. The number of carbonyl (C=O) groups is 6. The van der Waals surface area contributed by atoms with Crippen LogP contribution in [0.3, 0.4) is 0 Å². The second-order valence-corrected chi connectivity index (χ2v) is 18.9. The lowest BCUT2D eigenvalue weighted by molar-refractivity contribution is -0.155. The molecule has 4 rings (SSSR count). The van der Waals surface area contributed by atoms with Crippen molar-refractivity contribution >= 4 is 69.8 Å². The minimum atomic E-state index is -1.01. The average Bonchev–Trinajstić information content (AvgIpc) is 3.57. The van der Waals surface area contributed by atoms with Crippen LogP contribution in [0.25, 0.3) is 10.8 Å². The van der Waals surface area contributed by atoms with Crippen LogP contribution in [-0.2, 0) is 30.3 Å². The van der Waals surface area contributed by atoms with Crippen LogP contribution < -0.4 is 15.4 Å². The predicted octanol–water partition coefficient (Wildman–Crippen LogP) is 9.05. The standard InChI is InChI=1S/C45H54N4O11S/c1-42(2,3)57-35(50)25-48(24-27-21-34(61-26-27)38(53)58-43(4,5)6)36(51)31-14-13-30-23-33(20-17-29(30)22-31)56-37(52)28-15-18-32(19-16-28)49(41(55)60-45(10,11)12)39(46)47-40(54)59-44(7,8)9/h13-23,26H,24-25H2,1-12H3,(H2,46,47,54). The lowest BCUT2D eigenvalue weighted by Crippen LogP contribution is -2.45. The molecule has 0 aliphatic carbocycles. The zero-order chi connectivity index (χ0) is 45.7. The van der Waals surface area contributed by atoms with Crippen molar-refractivity contribution in [1.82, 2.24) is 4.90 Å². The number of esters is 3. The highest BCUT2D eigenvalue weighted by Gasteiger charge is 2.29. The second kappa shape index (κ2) is 18.5. The molecule has 2 N–H and O–H groups in total. The SMILES string of the molecule is CC(C)(C)OC(=O)CN(Cc1csc(C(=O)OC(C)(C)C)c1)C(=O)c1ccc2cc(OC(=O)c3ccc(N(C(=O)OC(C)(C)C)C(N)=NC(=O)OC(C)(C)C)cc3)ccc2c1. The molecule has 61 heavy (non-hydrogen) atoms. The molecule has 0 atom stereocenters. The van der Waals surface area contributed by atoms with Crippen molar-refractivity contribution in [3.63, 3.8) is 0 Å². The third-order valence-corrected chi connectivity index (χ3v) is 8.65. The summed E-state index contributed by atoms with van der Waals surface area (Å²) in [6.45, 7) is 20.2. The monoisotopic (exact) mass is 858 g/mol. The third-order valence-electron chi connectivity index (χ3n) is 7.69. The fourth-order valence-electron chi connectivity index (χ4n) is 5.43. The lowest BCUT2D eigenvalue weighted by atomic mass is 10.1. The zero-order valence-electron chi connectivity index (χ0n) is 36.7. The van der Waals surface area contributed by atoms with Crippen molar-refractivity contribution in [2.75, 3.05) is 11.4 Å². The summed E-state index contributed by atoms with van der Waals surface area (Å²) < 4.78 is 27.4. The van der Waals surface area contributed by atoms with Gasteiger partial charge in [0.2, 0.25) is 5.96 Å². The number of thiophene rings is 1. The van der Waals surface area contributed by atoms with Gasteiger partial charge in [-0.15, -0.1) is 16.3 Å². The number of guanidine groups is 1. The number of amides is 3. The average molecular weight is 859 g/mol. The van der Waals surface area contributed by atoms with E-state index in [-0.39, 0.29) is 30.1 Å². The Bertz CT molecular complexity index is 2320. The van der Waals surface area contributed by atoms with Gasteiger partial charge in [-0.05, 0) is 159 Å². The fraction of sp³-hybridized carbons (Fsp3) is 0.400. The number of fused-ring (bicyclic) bond motifs is 1. The Balaban J connectivity index is 1.53. The van der Waals surface area contributed by atoms with E-state index in [4.69, 9.17) is 29.4 Å². The smallest absolute Gasteiger partial charge is 0.437 e. The van der Waals surface area contributed by atoms with Crippen LogP contribution in [0.1, 0.15) is 119 Å². The zero-order valence-corrected chi connectivity index (χ0v) is 37.5. The number of rotatable bonds is 9. The molecule has 15 nitrogen and oxygen atoms in total. The number of nitrogens with two attached hydrogens (primary N) is 1. The van der Waals surface area contributed by atoms with Gasteiger partial charge in [0.25, 0.3) is 5.91 Å². The largest absolute Gasteiger partial charge is 0.459 e. The number of ether oxygens (including phenoxy) is 5. The van der Waals surface area contributed by atoms with Crippen LogP contribution in [0.5, 0.6) is 5.75 Å². The Hall–Kier alpha value is -6.29. The maximum atomic E-state index is 14.0. The number of hydrogen-bond donors (Lipinski definition) is 1. The molecule has 0 aliphatic heterocycles. The molecule has 0 bridgehead atoms. The Morgan fingerprint density at radius 1 is 0.639 bits per heavy atom. The van der Waals surface area contributed by atoms with Crippen molar-refractivity contribution in [3.8, 4) is 5.75 Å². The summed E-state index contributed by atoms with van der Waals surface area (Å²) in [5, 5.41) is 3.05. The van der Waals surface area contributed by atoms with E-state index in [0.717, 1.165) is 4.90 Å². The quantitative estimate of drug-likeness (QED) is 0.0553. The highest BCUT2D eigenvalue weighted by Crippen LogP contribution is 2.27. The molecule has 0 unspecified atom stereocenters. The maximum Gasteiger partial charge on any atom is 0.437 e. The first-order valence-corrected chi connectivity index (χ1v) is 20.2. The summed E-state index contributed by atoms with van der Waals surface area (Å²) in [5.74, 6) is -2.52. The Morgan fingerprint density at radius 3 is 1.79 bits per heavy atom. The van der Waals surface area contributed by atoms with E-state index in [1.165, 1.54) is 40.5 Å². The molecule has 0 saturated heterocycles. The normalized spacial score (nSPS) is 12.3. The lowest BCUT2D eigenvalue weighted by Gasteiger charge is -2.27.